The van der Waals surface area contributed by atoms with Crippen LogP contribution in [-0.2, 0) is 56.8 Å². The third-order valence-electron chi connectivity index (χ3n) is 13.0. The number of guanidine groups is 1. The van der Waals surface area contributed by atoms with Crippen molar-refractivity contribution in [3.63, 3.8) is 0 Å². The van der Waals surface area contributed by atoms with Crippen LogP contribution in [0.4, 0.5) is 0 Å². The van der Waals surface area contributed by atoms with E-state index in [1.54, 1.807) is 0 Å². The Morgan fingerprint density at radius 1 is 0.275 bits per heavy atom. The highest BCUT2D eigenvalue weighted by atomic mass is 16.8. The van der Waals surface area contributed by atoms with E-state index >= 15 is 0 Å². The summed E-state index contributed by atoms with van der Waals surface area (Å²) in [5, 5.41) is 186. The normalized spacial score (nSPS) is 53.3. The lowest BCUT2D eigenvalue weighted by atomic mass is 9.94. The van der Waals surface area contributed by atoms with Crippen molar-refractivity contribution in [1.29, 1.82) is 0 Å². The highest BCUT2D eigenvalue weighted by Crippen LogP contribution is 2.38. The number of hydrogen-bond acceptors (Lipinski definition) is 30. The number of nitrogens with zero attached hydrogens (tertiary/aromatic N) is 1. The number of ether oxygens (including phenoxy) is 12. The monoisotopic (exact) mass is 1010 g/mol. The number of rotatable bonds is 7. The smallest absolute Gasteiger partial charge is 0.187 e. The van der Waals surface area contributed by atoms with Gasteiger partial charge in [-0.1, -0.05) is 0 Å². The maximum absolute atomic E-state index is 11.6. The van der Waals surface area contributed by atoms with Gasteiger partial charge < -0.3 is 155 Å². The Morgan fingerprint density at radius 3 is 0.667 bits per heavy atom. The van der Waals surface area contributed by atoms with Gasteiger partial charge in [0.1, 0.15) is 146 Å². The molecule has 21 N–H and O–H groups in total. The molecule has 0 saturated carbocycles. The number of nitrogens with two attached hydrogens (primary N) is 2. The summed E-state index contributed by atoms with van der Waals surface area (Å²) < 4.78 is 68.7. The van der Waals surface area contributed by atoms with Crippen LogP contribution in [0.1, 0.15) is 0 Å². The maximum atomic E-state index is 11.6. The van der Waals surface area contributed by atoms with Crippen LogP contribution >= 0.6 is 0 Å². The number of hydrogen-bond donors (Lipinski definition) is 19. The van der Waals surface area contributed by atoms with Crippen molar-refractivity contribution in [1.82, 2.24) is 0 Å². The van der Waals surface area contributed by atoms with Gasteiger partial charge in [-0.3, -0.25) is 0 Å². The van der Waals surface area contributed by atoms with Crippen molar-refractivity contribution in [2.45, 2.75) is 184 Å². The molecular formula is C37H63N3O29. The van der Waals surface area contributed by atoms with Crippen molar-refractivity contribution in [2.75, 3.05) is 39.6 Å². The predicted octanol–water partition coefficient (Wildman–Crippen LogP) is -13.8. The van der Waals surface area contributed by atoms with Crippen molar-refractivity contribution in [3.05, 3.63) is 0 Å². The van der Waals surface area contributed by atoms with Crippen molar-refractivity contribution < 1.29 is 144 Å². The second-order valence-corrected chi connectivity index (χ2v) is 17.4. The minimum Gasteiger partial charge on any atom is -0.394 e. The zero-order valence-electron chi connectivity index (χ0n) is 36.2. The van der Waals surface area contributed by atoms with E-state index in [1.807, 2.05) is 0 Å². The molecule has 22 aliphatic heterocycles. The highest BCUT2D eigenvalue weighted by Gasteiger charge is 2.59. The Balaban J connectivity index is 1.22. The second kappa shape index (κ2) is 23.1. The van der Waals surface area contributed by atoms with Gasteiger partial charge in [-0.25, -0.2) is 4.99 Å². The summed E-state index contributed by atoms with van der Waals surface area (Å²) in [7, 11) is 0. The Labute approximate surface area is 389 Å². The topological polar surface area (TPSA) is 519 Å². The first-order chi connectivity index (χ1) is 32.8. The Morgan fingerprint density at radius 2 is 0.464 bits per heavy atom. The van der Waals surface area contributed by atoms with Crippen LogP contribution in [0.2, 0.25) is 0 Å². The lowest BCUT2D eigenvalue weighted by molar-refractivity contribution is -0.400. The minimum atomic E-state index is -2.16. The van der Waals surface area contributed by atoms with Crippen LogP contribution in [0.3, 0.4) is 0 Å². The largest absolute Gasteiger partial charge is 0.394 e. The van der Waals surface area contributed by atoms with Crippen molar-refractivity contribution in [2.24, 2.45) is 16.5 Å². The van der Waals surface area contributed by atoms with Gasteiger partial charge in [0.05, 0.1) is 39.6 Å². The first-order valence-corrected chi connectivity index (χ1v) is 21.9. The van der Waals surface area contributed by atoms with Crippen molar-refractivity contribution >= 4 is 5.96 Å². The van der Waals surface area contributed by atoms with Gasteiger partial charge in [0, 0.05) is 0 Å². The lowest BCUT2D eigenvalue weighted by Gasteiger charge is -2.50. The fraction of sp³-hybridized carbons (Fsp3) is 0.973. The summed E-state index contributed by atoms with van der Waals surface area (Å²) in [4.78, 5) is 3.97. The molecule has 0 unspecified atom stereocenters. The van der Waals surface area contributed by atoms with E-state index in [0.717, 1.165) is 0 Å². The SMILES string of the molecule is NC(N)=N[C@H]1[C@H](O)[C@H]2O[C@H]3[C@H](O)[C@@H](O)[C@@H](O[C@H]4[C@H](O)[C@@H](O)[C@@H](O[C@H]5[C@H](O)[C@@H](O)[C@@H](O[C@H]6[C@H](O)[C@@H](O)[C@@H](O[C@H]7[C@H](O)[C@@H](O)[C@@H](O[C@@H]1[C@@H](CO)O2)O[C@@H]7CO)O[C@@H]6CO)O[C@@H]5CO)O[C@@H]4CO)O[C@@H]3CO. The van der Waals surface area contributed by atoms with Gasteiger partial charge in [-0.2, -0.15) is 0 Å². The van der Waals surface area contributed by atoms with Crippen LogP contribution in [0, 0.1) is 0 Å². The molecule has 32 nitrogen and oxygen atoms in total. The number of aliphatic hydroxyl groups is 17. The molecule has 0 aliphatic carbocycles. The van der Waals surface area contributed by atoms with Crippen molar-refractivity contribution in [3.8, 4) is 0 Å². The standard InChI is InChI=1S/C37H63N3O29/c38-37(39)40-13-14(47)31-58-7(1-41)25(13)64-32-20(53)15(48)27(9(3-43)59-32)66-34-22(55)17(50)29(11(5-45)61-34)68-36-24(57)19(52)30(12(6-46)63-36)69-35-23(56)18(51)28(10(4-44)62-35)67-33-21(54)16(49)26(65-31)8(2-42)60-33/h7-36,41-57H,1-6H2,(H4,38,39,40)/t7-,8-,9-,10-,11-,12-,13+,14+,15-,16-,17-,18-,19-,20-,21-,22-,23-,24-,25-,26-,27-,28-,29-,30-,31-,32-,33-,34-,35-,36-/m1/s1. The van der Waals surface area contributed by atoms with E-state index in [-0.39, 0.29) is 0 Å². The maximum Gasteiger partial charge on any atom is 0.187 e. The first-order valence-electron chi connectivity index (χ1n) is 21.9. The Kier molecular flexibility index (Phi) is 18.4. The molecule has 69 heavy (non-hydrogen) atoms. The quantitative estimate of drug-likeness (QED) is 0.0832. The molecule has 0 amide bonds. The molecule has 22 aliphatic rings. The molecule has 22 fully saturated rings. The van der Waals surface area contributed by atoms with Gasteiger partial charge in [0.2, 0.25) is 0 Å². The molecule has 22 rings (SSSR count). The third kappa shape index (κ3) is 10.9. The van der Waals surface area contributed by atoms with Crippen LogP contribution in [0.25, 0.3) is 0 Å². The van der Waals surface area contributed by atoms with E-state index in [1.165, 1.54) is 0 Å². The van der Waals surface area contributed by atoms with Crippen LogP contribution in [-0.4, -0.2) is 317 Å². The molecule has 0 aromatic heterocycles. The molecule has 0 radical (unpaired) electrons. The van der Waals surface area contributed by atoms with E-state index < -0.39 is 230 Å². The fourth-order valence-corrected chi connectivity index (χ4v) is 9.25. The summed E-state index contributed by atoms with van der Waals surface area (Å²) >= 11 is 0. The van der Waals surface area contributed by atoms with E-state index in [4.69, 9.17) is 68.3 Å². The second-order valence-electron chi connectivity index (χ2n) is 17.4. The summed E-state index contributed by atoms with van der Waals surface area (Å²) in [5.74, 6) is -0.679. The summed E-state index contributed by atoms with van der Waals surface area (Å²) in [6.45, 7) is -6.00. The van der Waals surface area contributed by atoms with E-state index in [9.17, 15) is 86.8 Å². The molecule has 22 saturated heterocycles. The predicted molar refractivity (Wildman–Crippen MR) is 209 cm³/mol. The van der Waals surface area contributed by atoms with Crippen LogP contribution < -0.4 is 11.5 Å². The fourth-order valence-electron chi connectivity index (χ4n) is 9.25. The first kappa shape index (κ1) is 54.9. The molecule has 22 heterocycles. The number of aliphatic hydroxyl groups excluding tert-OH is 17. The molecule has 32 heteroatoms. The van der Waals surface area contributed by atoms with Gasteiger partial charge in [-0.15, -0.1) is 0 Å². The third-order valence-corrected chi connectivity index (χ3v) is 13.0. The van der Waals surface area contributed by atoms with Crippen LogP contribution in [0.5, 0.6) is 0 Å². The minimum absolute atomic E-state index is 0.679. The highest BCUT2D eigenvalue weighted by molar-refractivity contribution is 5.76. The molecule has 30 atom stereocenters. The molecule has 400 valence electrons. The summed E-state index contributed by atoms with van der Waals surface area (Å²) in [6.07, 6.45) is -56.3. The van der Waals surface area contributed by atoms with Crippen LogP contribution in [0.15, 0.2) is 4.99 Å². The molecule has 12 bridgehead atoms. The molecule has 0 aromatic carbocycles. The van der Waals surface area contributed by atoms with Gasteiger partial charge in [0.25, 0.3) is 0 Å². The Hall–Kier alpha value is -1.89. The Bertz CT molecular complexity index is 1650. The van der Waals surface area contributed by atoms with E-state index in [2.05, 4.69) is 4.99 Å². The zero-order valence-corrected chi connectivity index (χ0v) is 36.2. The van der Waals surface area contributed by atoms with Gasteiger partial charge in [0.15, 0.2) is 43.7 Å². The lowest BCUT2D eigenvalue weighted by Crippen LogP contribution is -2.69. The molecule has 0 spiro atoms. The van der Waals surface area contributed by atoms with E-state index in [0.29, 0.717) is 0 Å². The summed E-state index contributed by atoms with van der Waals surface area (Å²) in [5.41, 5.74) is 11.3. The average Bonchev–Trinajstić information content (AvgIpc) is 3.33. The average molecular weight is 1010 g/mol. The molecule has 0 aromatic rings. The molecular weight excluding hydrogens is 950 g/mol. The van der Waals surface area contributed by atoms with Gasteiger partial charge in [-0.05, 0) is 0 Å². The van der Waals surface area contributed by atoms with Gasteiger partial charge >= 0.3 is 0 Å². The number of aliphatic imine (C=N–C) groups is 1. The summed E-state index contributed by atoms with van der Waals surface area (Å²) in [6, 6.07) is -1.73. The zero-order chi connectivity index (χ0) is 50.3.